The van der Waals surface area contributed by atoms with Crippen molar-refractivity contribution < 1.29 is 5.11 Å². The first-order valence-electron chi connectivity index (χ1n) is 9.84. The molecule has 1 N–H and O–H groups in total. The van der Waals surface area contributed by atoms with E-state index >= 15 is 0 Å². The summed E-state index contributed by atoms with van der Waals surface area (Å²) in [6.07, 6.45) is 9.79. The van der Waals surface area contributed by atoms with Crippen LogP contribution in [0.3, 0.4) is 0 Å². The molecule has 1 heteroatoms. The summed E-state index contributed by atoms with van der Waals surface area (Å²) in [6.45, 7) is 7.15. The van der Waals surface area contributed by atoms with Crippen LogP contribution < -0.4 is 0 Å². The summed E-state index contributed by atoms with van der Waals surface area (Å²) < 4.78 is 0. The number of hydrogen-bond donors (Lipinski definition) is 1. The normalized spacial score (nSPS) is 39.3. The van der Waals surface area contributed by atoms with Gasteiger partial charge in [-0.3, -0.25) is 0 Å². The van der Waals surface area contributed by atoms with Gasteiger partial charge < -0.3 is 5.11 Å². The van der Waals surface area contributed by atoms with Gasteiger partial charge >= 0.3 is 0 Å². The zero-order chi connectivity index (χ0) is 16.2. The molecule has 0 aromatic heterocycles. The molecule has 126 valence electrons. The largest absolute Gasteiger partial charge is 0.393 e. The Labute approximate surface area is 141 Å². The molecule has 3 aliphatic rings. The Morgan fingerprint density at radius 1 is 1.17 bits per heavy atom. The van der Waals surface area contributed by atoms with E-state index in [9.17, 15) is 5.11 Å². The standard InChI is InChI=1S/C22H32O/c1-4-17-14(2)5-7-19-18(17)9-10-21-20(19)8-6-15-13-16(23)11-12-22(15,21)3/h5,7,15-16,20-21,23H,4,6,8-13H2,1-3H3/t15-,16+,20+,21+,22+/m1/s1. The number of aryl methyl sites for hydroxylation is 1. The van der Waals surface area contributed by atoms with Gasteiger partial charge in [0.15, 0.2) is 0 Å². The maximum Gasteiger partial charge on any atom is 0.0543 e. The van der Waals surface area contributed by atoms with Gasteiger partial charge in [0.25, 0.3) is 0 Å². The lowest BCUT2D eigenvalue weighted by Crippen LogP contribution is -2.48. The molecule has 2 fully saturated rings. The van der Waals surface area contributed by atoms with Crippen molar-refractivity contribution in [1.82, 2.24) is 0 Å². The molecule has 5 atom stereocenters. The number of fused-ring (bicyclic) bond motifs is 5. The summed E-state index contributed by atoms with van der Waals surface area (Å²) in [4.78, 5) is 0. The summed E-state index contributed by atoms with van der Waals surface area (Å²) in [5, 5.41) is 10.1. The lowest BCUT2D eigenvalue weighted by atomic mass is 9.49. The molecule has 0 radical (unpaired) electrons. The minimum Gasteiger partial charge on any atom is -0.393 e. The van der Waals surface area contributed by atoms with Gasteiger partial charge in [-0.15, -0.1) is 0 Å². The monoisotopic (exact) mass is 312 g/mol. The van der Waals surface area contributed by atoms with Crippen LogP contribution in [-0.4, -0.2) is 11.2 Å². The van der Waals surface area contributed by atoms with Crippen LogP contribution in [0.2, 0.25) is 0 Å². The predicted molar refractivity (Wildman–Crippen MR) is 95.8 cm³/mol. The maximum absolute atomic E-state index is 10.1. The van der Waals surface area contributed by atoms with E-state index in [1.165, 1.54) is 44.1 Å². The predicted octanol–water partition coefficient (Wildman–Crippen LogP) is 5.16. The molecule has 0 amide bonds. The lowest BCUT2D eigenvalue weighted by molar-refractivity contribution is -0.0606. The summed E-state index contributed by atoms with van der Waals surface area (Å²) in [6, 6.07) is 4.83. The zero-order valence-electron chi connectivity index (χ0n) is 15.1. The Bertz CT molecular complexity index is 604. The molecule has 0 aliphatic heterocycles. The van der Waals surface area contributed by atoms with E-state index in [2.05, 4.69) is 32.9 Å². The molecule has 2 saturated carbocycles. The molecular formula is C22H32O. The minimum atomic E-state index is -0.0326. The molecular weight excluding hydrogens is 280 g/mol. The van der Waals surface area contributed by atoms with Gasteiger partial charge in [-0.2, -0.15) is 0 Å². The highest BCUT2D eigenvalue weighted by molar-refractivity contribution is 5.45. The first-order valence-corrected chi connectivity index (χ1v) is 9.84. The van der Waals surface area contributed by atoms with Crippen molar-refractivity contribution in [3.63, 3.8) is 0 Å². The number of benzene rings is 1. The molecule has 0 bridgehead atoms. The van der Waals surface area contributed by atoms with Crippen molar-refractivity contribution in [2.75, 3.05) is 0 Å². The van der Waals surface area contributed by atoms with Crippen molar-refractivity contribution in [2.24, 2.45) is 17.3 Å². The van der Waals surface area contributed by atoms with Crippen LogP contribution in [0, 0.1) is 24.2 Å². The SMILES string of the molecule is CCc1c(C)ccc2c1CC[C@H]1[C@H]2CC[C@@H]2C[C@@H](O)CC[C@@]21C. The van der Waals surface area contributed by atoms with Crippen LogP contribution >= 0.6 is 0 Å². The number of rotatable bonds is 1. The maximum atomic E-state index is 10.1. The Hall–Kier alpha value is -0.820. The third-order valence-electron chi connectivity index (χ3n) is 7.82. The van der Waals surface area contributed by atoms with Gasteiger partial charge in [-0.25, -0.2) is 0 Å². The van der Waals surface area contributed by atoms with Gasteiger partial charge in [-0.05, 0) is 104 Å². The highest BCUT2D eigenvalue weighted by atomic mass is 16.3. The van der Waals surface area contributed by atoms with E-state index in [0.29, 0.717) is 5.41 Å². The molecule has 0 unspecified atom stereocenters. The molecule has 0 saturated heterocycles. The average molecular weight is 312 g/mol. The van der Waals surface area contributed by atoms with E-state index < -0.39 is 0 Å². The summed E-state index contributed by atoms with van der Waals surface area (Å²) in [7, 11) is 0. The summed E-state index contributed by atoms with van der Waals surface area (Å²) in [5.41, 5.74) is 6.98. The Kier molecular flexibility index (Phi) is 3.83. The van der Waals surface area contributed by atoms with Crippen molar-refractivity contribution in [2.45, 2.75) is 84.2 Å². The first-order chi connectivity index (χ1) is 11.0. The van der Waals surface area contributed by atoms with Gasteiger partial charge in [0.1, 0.15) is 0 Å². The van der Waals surface area contributed by atoms with Crippen molar-refractivity contribution in [3.8, 4) is 0 Å². The Morgan fingerprint density at radius 3 is 2.78 bits per heavy atom. The Balaban J connectivity index is 1.72. The number of aliphatic hydroxyl groups is 1. The van der Waals surface area contributed by atoms with Crippen LogP contribution in [0.4, 0.5) is 0 Å². The fourth-order valence-corrected chi connectivity index (χ4v) is 6.54. The van der Waals surface area contributed by atoms with E-state index in [-0.39, 0.29) is 6.10 Å². The fraction of sp³-hybridized carbons (Fsp3) is 0.727. The van der Waals surface area contributed by atoms with Crippen molar-refractivity contribution in [1.29, 1.82) is 0 Å². The van der Waals surface area contributed by atoms with Gasteiger partial charge in [-0.1, -0.05) is 26.0 Å². The summed E-state index contributed by atoms with van der Waals surface area (Å²) >= 11 is 0. The molecule has 4 rings (SSSR count). The van der Waals surface area contributed by atoms with Crippen LogP contribution in [0.25, 0.3) is 0 Å². The minimum absolute atomic E-state index is 0.0326. The van der Waals surface area contributed by atoms with Gasteiger partial charge in [0, 0.05) is 0 Å². The Morgan fingerprint density at radius 2 is 2.00 bits per heavy atom. The van der Waals surface area contributed by atoms with Gasteiger partial charge in [0.05, 0.1) is 6.10 Å². The molecule has 23 heavy (non-hydrogen) atoms. The second-order valence-corrected chi connectivity index (χ2v) is 8.74. The van der Waals surface area contributed by atoms with Crippen LogP contribution in [0.5, 0.6) is 0 Å². The van der Waals surface area contributed by atoms with Crippen LogP contribution in [0.1, 0.15) is 80.5 Å². The molecule has 0 spiro atoms. The smallest absolute Gasteiger partial charge is 0.0543 e. The highest BCUT2D eigenvalue weighted by Gasteiger charge is 2.51. The van der Waals surface area contributed by atoms with E-state index in [1.54, 1.807) is 16.7 Å². The second-order valence-electron chi connectivity index (χ2n) is 8.74. The van der Waals surface area contributed by atoms with E-state index in [0.717, 1.165) is 30.6 Å². The molecule has 1 aromatic carbocycles. The molecule has 0 heterocycles. The van der Waals surface area contributed by atoms with Crippen molar-refractivity contribution >= 4 is 0 Å². The van der Waals surface area contributed by atoms with Crippen LogP contribution in [-0.2, 0) is 12.8 Å². The molecule has 3 aliphatic carbocycles. The average Bonchev–Trinajstić information content (AvgIpc) is 2.55. The van der Waals surface area contributed by atoms with Gasteiger partial charge in [0.2, 0.25) is 0 Å². The lowest BCUT2D eigenvalue weighted by Gasteiger charge is -2.56. The second kappa shape index (κ2) is 5.62. The molecule has 1 nitrogen and oxygen atoms in total. The topological polar surface area (TPSA) is 20.2 Å². The summed E-state index contributed by atoms with van der Waals surface area (Å²) in [5.74, 6) is 2.37. The van der Waals surface area contributed by atoms with E-state index in [1.807, 2.05) is 0 Å². The highest BCUT2D eigenvalue weighted by Crippen LogP contribution is 2.61. The number of hydrogen-bond acceptors (Lipinski definition) is 1. The first kappa shape index (κ1) is 15.7. The third kappa shape index (κ3) is 2.30. The fourth-order valence-electron chi connectivity index (χ4n) is 6.54. The zero-order valence-corrected chi connectivity index (χ0v) is 15.1. The van der Waals surface area contributed by atoms with Crippen LogP contribution in [0.15, 0.2) is 12.1 Å². The third-order valence-corrected chi connectivity index (χ3v) is 7.82. The van der Waals surface area contributed by atoms with Crippen molar-refractivity contribution in [3.05, 3.63) is 34.4 Å². The quantitative estimate of drug-likeness (QED) is 0.759. The number of aliphatic hydroxyl groups excluding tert-OH is 1. The molecule has 1 aromatic rings. The van der Waals surface area contributed by atoms with E-state index in [4.69, 9.17) is 0 Å².